The predicted molar refractivity (Wildman–Crippen MR) is 180 cm³/mol. The van der Waals surface area contributed by atoms with Crippen LogP contribution in [0.5, 0.6) is 5.75 Å². The van der Waals surface area contributed by atoms with E-state index < -0.39 is 0 Å². The molecule has 7 aromatic rings. The van der Waals surface area contributed by atoms with Crippen LogP contribution < -0.4 is 0 Å². The highest BCUT2D eigenvalue weighted by molar-refractivity contribution is 9.10. The van der Waals surface area contributed by atoms with E-state index in [2.05, 4.69) is 147 Å². The maximum absolute atomic E-state index is 10.9. The SMILES string of the molecule is Oc1cc(Br)ccc1-c1ccccc1-c1ccc(Br)cc1-c1ccccc1-c1cc2ccccc2c2ccccc12. The summed E-state index contributed by atoms with van der Waals surface area (Å²) in [6.07, 6.45) is 0. The molecule has 0 spiro atoms. The van der Waals surface area contributed by atoms with Gasteiger partial charge in [0, 0.05) is 14.5 Å². The molecule has 0 aliphatic carbocycles. The van der Waals surface area contributed by atoms with Crippen molar-refractivity contribution in [3.63, 3.8) is 0 Å². The van der Waals surface area contributed by atoms with Gasteiger partial charge in [-0.15, -0.1) is 0 Å². The highest BCUT2D eigenvalue weighted by atomic mass is 79.9. The van der Waals surface area contributed by atoms with Crippen molar-refractivity contribution in [2.24, 2.45) is 0 Å². The lowest BCUT2D eigenvalue weighted by Crippen LogP contribution is -1.93. The molecule has 0 fully saturated rings. The number of hydrogen-bond donors (Lipinski definition) is 1. The molecule has 41 heavy (non-hydrogen) atoms. The molecule has 0 heterocycles. The molecule has 1 nitrogen and oxygen atoms in total. The summed E-state index contributed by atoms with van der Waals surface area (Å²) in [6.45, 7) is 0. The van der Waals surface area contributed by atoms with Gasteiger partial charge in [-0.1, -0.05) is 135 Å². The molecule has 7 aromatic carbocycles. The largest absolute Gasteiger partial charge is 0.507 e. The van der Waals surface area contributed by atoms with Crippen LogP contribution >= 0.6 is 31.9 Å². The third kappa shape index (κ3) is 4.65. The Hall–Kier alpha value is -4.18. The van der Waals surface area contributed by atoms with Gasteiger partial charge in [-0.3, -0.25) is 0 Å². The molecule has 0 saturated carbocycles. The minimum absolute atomic E-state index is 0.244. The second-order valence-corrected chi connectivity index (χ2v) is 12.0. The summed E-state index contributed by atoms with van der Waals surface area (Å²) in [5.74, 6) is 0.244. The Morgan fingerprint density at radius 2 is 0.805 bits per heavy atom. The highest BCUT2D eigenvalue weighted by Crippen LogP contribution is 2.45. The van der Waals surface area contributed by atoms with Gasteiger partial charge < -0.3 is 5.11 Å². The average molecular weight is 656 g/mol. The van der Waals surface area contributed by atoms with E-state index in [1.165, 1.54) is 32.7 Å². The van der Waals surface area contributed by atoms with E-state index >= 15 is 0 Å². The van der Waals surface area contributed by atoms with Crippen molar-refractivity contribution in [2.45, 2.75) is 0 Å². The van der Waals surface area contributed by atoms with E-state index in [4.69, 9.17) is 0 Å². The first kappa shape index (κ1) is 25.8. The molecule has 0 radical (unpaired) electrons. The fraction of sp³-hybridized carbons (Fsp3) is 0. The molecule has 0 amide bonds. The maximum atomic E-state index is 10.9. The van der Waals surface area contributed by atoms with Crippen molar-refractivity contribution < 1.29 is 5.11 Å². The summed E-state index contributed by atoms with van der Waals surface area (Å²) in [4.78, 5) is 0. The lowest BCUT2D eigenvalue weighted by atomic mass is 9.85. The number of halogens is 2. The Bertz CT molecular complexity index is 2090. The quantitative estimate of drug-likeness (QED) is 0.187. The van der Waals surface area contributed by atoms with E-state index in [1.54, 1.807) is 6.07 Å². The van der Waals surface area contributed by atoms with Crippen molar-refractivity contribution in [3.8, 4) is 50.3 Å². The number of phenolic OH excluding ortho intramolecular Hbond substituents is 1. The standard InChI is InChI=1S/C38H24Br2O/c39-25-17-19-34(29-12-4-5-13-30(29)35-20-18-26(40)23-38(35)41)37(22-25)33-16-8-7-15-32(33)36-21-24-9-1-2-10-27(24)28-11-3-6-14-31(28)36/h1-23,41H. The van der Waals surface area contributed by atoms with E-state index in [0.717, 1.165) is 42.3 Å². The van der Waals surface area contributed by atoms with Crippen LogP contribution in [-0.2, 0) is 0 Å². The summed E-state index contributed by atoms with van der Waals surface area (Å²) in [5, 5.41) is 15.9. The minimum Gasteiger partial charge on any atom is -0.507 e. The normalized spacial score (nSPS) is 11.3. The van der Waals surface area contributed by atoms with Gasteiger partial charge in [0.1, 0.15) is 5.75 Å². The minimum atomic E-state index is 0.244. The van der Waals surface area contributed by atoms with Crippen LogP contribution in [0.4, 0.5) is 0 Å². The molecule has 0 bridgehead atoms. The zero-order valence-corrected chi connectivity index (χ0v) is 25.2. The third-order valence-corrected chi connectivity index (χ3v) is 8.71. The second-order valence-electron chi connectivity index (χ2n) is 10.1. The summed E-state index contributed by atoms with van der Waals surface area (Å²) in [5.41, 5.74) is 8.60. The third-order valence-electron chi connectivity index (χ3n) is 7.72. The van der Waals surface area contributed by atoms with Gasteiger partial charge in [-0.05, 0) is 96.9 Å². The van der Waals surface area contributed by atoms with Crippen LogP contribution in [0.1, 0.15) is 0 Å². The fourth-order valence-electron chi connectivity index (χ4n) is 5.89. The molecule has 7 rings (SSSR count). The van der Waals surface area contributed by atoms with Crippen LogP contribution in [0.3, 0.4) is 0 Å². The monoisotopic (exact) mass is 654 g/mol. The Balaban J connectivity index is 1.50. The summed E-state index contributed by atoms with van der Waals surface area (Å²) < 4.78 is 1.86. The van der Waals surface area contributed by atoms with E-state index in [1.807, 2.05) is 18.2 Å². The maximum Gasteiger partial charge on any atom is 0.124 e. The van der Waals surface area contributed by atoms with Crippen LogP contribution in [0.15, 0.2) is 148 Å². The predicted octanol–water partition coefficient (Wildman–Crippen LogP) is 11.9. The molecule has 3 heteroatoms. The molecule has 0 aromatic heterocycles. The topological polar surface area (TPSA) is 20.2 Å². The van der Waals surface area contributed by atoms with Crippen molar-refractivity contribution in [1.82, 2.24) is 0 Å². The van der Waals surface area contributed by atoms with Crippen LogP contribution in [0, 0.1) is 0 Å². The molecule has 0 saturated heterocycles. The van der Waals surface area contributed by atoms with Gasteiger partial charge in [0.05, 0.1) is 0 Å². The number of rotatable bonds is 4. The zero-order valence-electron chi connectivity index (χ0n) is 22.0. The lowest BCUT2D eigenvalue weighted by Gasteiger charge is -2.19. The van der Waals surface area contributed by atoms with E-state index in [9.17, 15) is 5.11 Å². The molecule has 0 unspecified atom stereocenters. The molecular weight excluding hydrogens is 632 g/mol. The van der Waals surface area contributed by atoms with Gasteiger partial charge in [0.15, 0.2) is 0 Å². The van der Waals surface area contributed by atoms with Crippen molar-refractivity contribution in [1.29, 1.82) is 0 Å². The molecule has 0 aliphatic heterocycles. The molecule has 1 N–H and O–H groups in total. The van der Waals surface area contributed by atoms with Crippen molar-refractivity contribution >= 4 is 53.4 Å². The lowest BCUT2D eigenvalue weighted by molar-refractivity contribution is 0.477. The molecule has 0 aliphatic rings. The summed E-state index contributed by atoms with van der Waals surface area (Å²) >= 11 is 7.24. The summed E-state index contributed by atoms with van der Waals surface area (Å²) in [6, 6.07) is 48.7. The Morgan fingerprint density at radius 3 is 1.49 bits per heavy atom. The number of hydrogen-bond acceptors (Lipinski definition) is 1. The first-order chi connectivity index (χ1) is 20.1. The van der Waals surface area contributed by atoms with E-state index in [-0.39, 0.29) is 5.75 Å². The van der Waals surface area contributed by atoms with Gasteiger partial charge in [0.2, 0.25) is 0 Å². The first-order valence-electron chi connectivity index (χ1n) is 13.5. The fourth-order valence-corrected chi connectivity index (χ4v) is 6.60. The first-order valence-corrected chi connectivity index (χ1v) is 15.1. The average Bonchev–Trinajstić information content (AvgIpc) is 3.01. The highest BCUT2D eigenvalue weighted by Gasteiger charge is 2.18. The number of phenols is 1. The molecule has 196 valence electrons. The van der Waals surface area contributed by atoms with Gasteiger partial charge in [-0.25, -0.2) is 0 Å². The Morgan fingerprint density at radius 1 is 0.341 bits per heavy atom. The summed E-state index contributed by atoms with van der Waals surface area (Å²) in [7, 11) is 0. The van der Waals surface area contributed by atoms with Crippen LogP contribution in [0.25, 0.3) is 66.1 Å². The number of fused-ring (bicyclic) bond motifs is 3. The van der Waals surface area contributed by atoms with Crippen molar-refractivity contribution in [2.75, 3.05) is 0 Å². The zero-order chi connectivity index (χ0) is 27.9. The number of aromatic hydroxyl groups is 1. The van der Waals surface area contributed by atoms with Gasteiger partial charge in [-0.2, -0.15) is 0 Å². The Kier molecular flexibility index (Phi) is 6.70. The second kappa shape index (κ2) is 10.7. The van der Waals surface area contributed by atoms with Crippen LogP contribution in [-0.4, -0.2) is 5.11 Å². The van der Waals surface area contributed by atoms with E-state index in [0.29, 0.717) is 0 Å². The number of benzene rings is 7. The van der Waals surface area contributed by atoms with Crippen LogP contribution in [0.2, 0.25) is 0 Å². The Labute approximate surface area is 256 Å². The molecular formula is C38H24Br2O. The molecule has 0 atom stereocenters. The van der Waals surface area contributed by atoms with Gasteiger partial charge in [0.25, 0.3) is 0 Å². The van der Waals surface area contributed by atoms with Crippen molar-refractivity contribution in [3.05, 3.63) is 148 Å². The van der Waals surface area contributed by atoms with Gasteiger partial charge >= 0.3 is 0 Å². The smallest absolute Gasteiger partial charge is 0.124 e.